The first-order valence-corrected chi connectivity index (χ1v) is 6.95. The van der Waals surface area contributed by atoms with Gasteiger partial charge in [-0.1, -0.05) is 13.8 Å². The molecule has 0 bridgehead atoms. The number of benzene rings is 1. The summed E-state index contributed by atoms with van der Waals surface area (Å²) >= 11 is 0. The maximum atomic E-state index is 13.5. The monoisotopic (exact) mass is 293 g/mol. The van der Waals surface area contributed by atoms with E-state index in [4.69, 9.17) is 10.5 Å². The largest absolute Gasteiger partial charge is 0.398 e. The van der Waals surface area contributed by atoms with Crippen LogP contribution in [0.5, 0.6) is 0 Å². The maximum Gasteiger partial charge on any atom is 0.184 e. The van der Waals surface area contributed by atoms with Crippen molar-refractivity contribution in [1.82, 2.24) is 20.2 Å². The van der Waals surface area contributed by atoms with Crippen molar-refractivity contribution in [3.63, 3.8) is 0 Å². The summed E-state index contributed by atoms with van der Waals surface area (Å²) in [4.78, 5) is 0. The predicted octanol–water partition coefficient (Wildman–Crippen LogP) is 2.29. The molecule has 21 heavy (non-hydrogen) atoms. The first-order chi connectivity index (χ1) is 10.0. The Morgan fingerprint density at radius 3 is 2.81 bits per heavy atom. The SMILES string of the molecule is CCOCC(C(C)C)n1nnnc1-c1cc(F)ccc1N. The minimum absolute atomic E-state index is 0.0439. The van der Waals surface area contributed by atoms with Crippen molar-refractivity contribution < 1.29 is 9.13 Å². The molecule has 0 radical (unpaired) electrons. The van der Waals surface area contributed by atoms with Crippen molar-refractivity contribution >= 4 is 5.69 Å². The van der Waals surface area contributed by atoms with Gasteiger partial charge in [0.2, 0.25) is 0 Å². The Morgan fingerprint density at radius 1 is 1.38 bits per heavy atom. The molecule has 1 unspecified atom stereocenters. The molecule has 0 saturated carbocycles. The number of anilines is 1. The Balaban J connectivity index is 2.43. The van der Waals surface area contributed by atoms with Gasteiger partial charge in [-0.05, 0) is 41.5 Å². The number of tetrazole rings is 1. The lowest BCUT2D eigenvalue weighted by molar-refractivity contribution is 0.0913. The van der Waals surface area contributed by atoms with Gasteiger partial charge in [-0.15, -0.1) is 5.10 Å². The highest BCUT2D eigenvalue weighted by atomic mass is 19.1. The number of nitrogens with zero attached hydrogens (tertiary/aromatic N) is 4. The van der Waals surface area contributed by atoms with Crippen LogP contribution in [0, 0.1) is 11.7 Å². The second-order valence-electron chi connectivity index (χ2n) is 5.15. The molecule has 1 atom stereocenters. The van der Waals surface area contributed by atoms with Crippen molar-refractivity contribution in [2.45, 2.75) is 26.8 Å². The second kappa shape index (κ2) is 6.62. The van der Waals surface area contributed by atoms with Gasteiger partial charge in [0.1, 0.15) is 5.82 Å². The van der Waals surface area contributed by atoms with E-state index in [2.05, 4.69) is 29.4 Å². The van der Waals surface area contributed by atoms with Crippen LogP contribution in [0.15, 0.2) is 18.2 Å². The van der Waals surface area contributed by atoms with Gasteiger partial charge in [-0.3, -0.25) is 0 Å². The zero-order valence-corrected chi connectivity index (χ0v) is 12.5. The molecule has 0 saturated heterocycles. The molecule has 0 aliphatic rings. The van der Waals surface area contributed by atoms with Crippen LogP contribution in [-0.2, 0) is 4.74 Å². The van der Waals surface area contributed by atoms with E-state index in [1.165, 1.54) is 18.2 Å². The quantitative estimate of drug-likeness (QED) is 0.827. The number of aromatic nitrogens is 4. The number of halogens is 1. The van der Waals surface area contributed by atoms with Crippen LogP contribution < -0.4 is 5.73 Å². The van der Waals surface area contributed by atoms with Gasteiger partial charge in [0.15, 0.2) is 5.82 Å². The van der Waals surface area contributed by atoms with Gasteiger partial charge in [-0.25, -0.2) is 9.07 Å². The molecule has 0 amide bonds. The van der Waals surface area contributed by atoms with Crippen molar-refractivity contribution in [3.8, 4) is 11.4 Å². The standard InChI is InChI=1S/C14H20FN5O/c1-4-21-8-13(9(2)3)20-14(17-18-19-20)11-7-10(15)5-6-12(11)16/h5-7,9,13H,4,8,16H2,1-3H3. The lowest BCUT2D eigenvalue weighted by Crippen LogP contribution is -2.23. The van der Waals surface area contributed by atoms with Crippen LogP contribution in [0.25, 0.3) is 11.4 Å². The molecule has 1 aromatic carbocycles. The lowest BCUT2D eigenvalue weighted by atomic mass is 10.0. The summed E-state index contributed by atoms with van der Waals surface area (Å²) in [5, 5.41) is 11.7. The summed E-state index contributed by atoms with van der Waals surface area (Å²) < 4.78 is 20.6. The van der Waals surface area contributed by atoms with E-state index in [0.717, 1.165) is 0 Å². The minimum atomic E-state index is -0.375. The van der Waals surface area contributed by atoms with Gasteiger partial charge in [0.05, 0.1) is 12.6 Å². The smallest absolute Gasteiger partial charge is 0.184 e. The molecule has 6 nitrogen and oxygen atoms in total. The molecule has 0 aliphatic carbocycles. The number of hydrogen-bond acceptors (Lipinski definition) is 5. The summed E-state index contributed by atoms with van der Waals surface area (Å²) in [6.07, 6.45) is 0. The third kappa shape index (κ3) is 3.36. The number of hydrogen-bond donors (Lipinski definition) is 1. The Labute approximate surface area is 123 Å². The van der Waals surface area contributed by atoms with Crippen LogP contribution in [0.1, 0.15) is 26.8 Å². The fraction of sp³-hybridized carbons (Fsp3) is 0.500. The summed E-state index contributed by atoms with van der Waals surface area (Å²) in [6.45, 7) is 7.15. The summed E-state index contributed by atoms with van der Waals surface area (Å²) in [5.41, 5.74) is 6.84. The number of nitrogens with two attached hydrogens (primary N) is 1. The molecule has 114 valence electrons. The highest BCUT2D eigenvalue weighted by Gasteiger charge is 2.23. The normalized spacial score (nSPS) is 12.8. The third-order valence-electron chi connectivity index (χ3n) is 3.33. The molecule has 7 heteroatoms. The van der Waals surface area contributed by atoms with Crippen LogP contribution >= 0.6 is 0 Å². The van der Waals surface area contributed by atoms with Gasteiger partial charge < -0.3 is 10.5 Å². The highest BCUT2D eigenvalue weighted by Crippen LogP contribution is 2.28. The Morgan fingerprint density at radius 2 is 2.14 bits per heavy atom. The van der Waals surface area contributed by atoms with E-state index >= 15 is 0 Å². The van der Waals surface area contributed by atoms with E-state index in [-0.39, 0.29) is 17.8 Å². The average molecular weight is 293 g/mol. The second-order valence-corrected chi connectivity index (χ2v) is 5.15. The van der Waals surface area contributed by atoms with Crippen LogP contribution in [0.3, 0.4) is 0 Å². The van der Waals surface area contributed by atoms with E-state index in [9.17, 15) is 4.39 Å². The number of nitrogen functional groups attached to an aromatic ring is 1. The molecule has 1 aromatic heterocycles. The predicted molar refractivity (Wildman–Crippen MR) is 78.0 cm³/mol. The van der Waals surface area contributed by atoms with Crippen molar-refractivity contribution in [3.05, 3.63) is 24.0 Å². The Kier molecular flexibility index (Phi) is 4.85. The maximum absolute atomic E-state index is 13.5. The molecule has 2 N–H and O–H groups in total. The molecule has 0 fully saturated rings. The topological polar surface area (TPSA) is 78.8 Å². The van der Waals surface area contributed by atoms with Crippen LogP contribution in [0.2, 0.25) is 0 Å². The molecule has 2 rings (SSSR count). The van der Waals surface area contributed by atoms with E-state index in [1.54, 1.807) is 4.68 Å². The van der Waals surface area contributed by atoms with Crippen molar-refractivity contribution in [2.24, 2.45) is 5.92 Å². The third-order valence-corrected chi connectivity index (χ3v) is 3.33. The van der Waals surface area contributed by atoms with Gasteiger partial charge in [0, 0.05) is 17.9 Å². The highest BCUT2D eigenvalue weighted by molar-refractivity contribution is 5.71. The van der Waals surface area contributed by atoms with E-state index < -0.39 is 0 Å². The zero-order chi connectivity index (χ0) is 15.4. The molecule has 0 spiro atoms. The van der Waals surface area contributed by atoms with Crippen molar-refractivity contribution in [1.29, 1.82) is 0 Å². The summed E-state index contributed by atoms with van der Waals surface area (Å²) in [6, 6.07) is 4.12. The van der Waals surface area contributed by atoms with Gasteiger partial charge >= 0.3 is 0 Å². The minimum Gasteiger partial charge on any atom is -0.398 e. The average Bonchev–Trinajstić information content (AvgIpc) is 2.90. The van der Waals surface area contributed by atoms with Crippen LogP contribution in [0.4, 0.5) is 10.1 Å². The number of ether oxygens (including phenoxy) is 1. The number of rotatable bonds is 6. The molecule has 0 aliphatic heterocycles. The summed E-state index contributed by atoms with van der Waals surface area (Å²) in [7, 11) is 0. The lowest BCUT2D eigenvalue weighted by Gasteiger charge is -2.22. The Hall–Kier alpha value is -2.02. The van der Waals surface area contributed by atoms with Gasteiger partial charge in [-0.2, -0.15) is 0 Å². The fourth-order valence-corrected chi connectivity index (χ4v) is 2.10. The molecule has 2 aromatic rings. The molecule has 1 heterocycles. The first kappa shape index (κ1) is 15.4. The summed E-state index contributed by atoms with van der Waals surface area (Å²) in [5.74, 6) is 0.332. The molecular weight excluding hydrogens is 273 g/mol. The van der Waals surface area contributed by atoms with Crippen molar-refractivity contribution in [2.75, 3.05) is 18.9 Å². The molecular formula is C14H20FN5O. The van der Waals surface area contributed by atoms with Crippen LogP contribution in [-0.4, -0.2) is 33.4 Å². The van der Waals surface area contributed by atoms with E-state index in [1.807, 2.05) is 6.92 Å². The Bertz CT molecular complexity index is 599. The fourth-order valence-electron chi connectivity index (χ4n) is 2.10. The van der Waals surface area contributed by atoms with Gasteiger partial charge in [0.25, 0.3) is 0 Å². The zero-order valence-electron chi connectivity index (χ0n) is 12.5. The first-order valence-electron chi connectivity index (χ1n) is 6.95. The van der Waals surface area contributed by atoms with E-state index in [0.29, 0.717) is 30.3 Å².